The highest BCUT2D eigenvalue weighted by molar-refractivity contribution is 6.04. The summed E-state index contributed by atoms with van der Waals surface area (Å²) in [5.41, 5.74) is 5.37. The number of hydrogen-bond donors (Lipinski definition) is 1. The second-order valence-electron chi connectivity index (χ2n) is 7.96. The highest BCUT2D eigenvalue weighted by Crippen LogP contribution is 2.32. The zero-order valence-corrected chi connectivity index (χ0v) is 17.2. The summed E-state index contributed by atoms with van der Waals surface area (Å²) in [7, 11) is 0. The van der Waals surface area contributed by atoms with Gasteiger partial charge in [-0.1, -0.05) is 48.5 Å². The Morgan fingerprint density at radius 2 is 1.69 bits per heavy atom. The van der Waals surface area contributed by atoms with Crippen molar-refractivity contribution in [2.75, 3.05) is 18.4 Å². The van der Waals surface area contributed by atoms with Gasteiger partial charge in [-0.05, 0) is 68.5 Å². The van der Waals surface area contributed by atoms with Crippen LogP contribution in [0.5, 0.6) is 0 Å². The van der Waals surface area contributed by atoms with Crippen LogP contribution >= 0.6 is 0 Å². The van der Waals surface area contributed by atoms with Gasteiger partial charge in [-0.3, -0.25) is 9.69 Å². The van der Waals surface area contributed by atoms with Crippen molar-refractivity contribution < 1.29 is 9.21 Å². The van der Waals surface area contributed by atoms with Gasteiger partial charge >= 0.3 is 0 Å². The molecular formula is C25H28N2O2. The molecule has 2 heterocycles. The Labute approximate surface area is 172 Å². The third kappa shape index (κ3) is 4.43. The highest BCUT2D eigenvalue weighted by atomic mass is 16.3. The van der Waals surface area contributed by atoms with Gasteiger partial charge in [-0.15, -0.1) is 0 Å². The first-order valence-electron chi connectivity index (χ1n) is 10.3. The lowest BCUT2D eigenvalue weighted by Crippen LogP contribution is -2.32. The molecule has 0 atom stereocenters. The smallest absolute Gasteiger partial charge is 0.291 e. The molecule has 1 aliphatic heterocycles. The van der Waals surface area contributed by atoms with Gasteiger partial charge in [-0.2, -0.15) is 0 Å². The normalized spacial score (nSPS) is 15.4. The fourth-order valence-corrected chi connectivity index (χ4v) is 4.25. The van der Waals surface area contributed by atoms with Crippen LogP contribution in [0.1, 0.15) is 51.6 Å². The summed E-state index contributed by atoms with van der Waals surface area (Å²) in [4.78, 5) is 15.4. The van der Waals surface area contributed by atoms with Crippen molar-refractivity contribution in [3.05, 3.63) is 88.9 Å². The summed E-state index contributed by atoms with van der Waals surface area (Å²) >= 11 is 0. The SMILES string of the molecule is Cc1cccc(C)c1NC(=O)c1occc1C1CCN(Cc2ccccc2)CC1. The number of carbonyl (C=O) groups excluding carboxylic acids is 1. The zero-order chi connectivity index (χ0) is 20.2. The van der Waals surface area contributed by atoms with E-state index < -0.39 is 0 Å². The van der Waals surface area contributed by atoms with Gasteiger partial charge in [0.15, 0.2) is 5.76 Å². The van der Waals surface area contributed by atoms with Crippen LogP contribution in [0, 0.1) is 13.8 Å². The maximum atomic E-state index is 12.9. The molecule has 1 aliphatic rings. The van der Waals surface area contributed by atoms with E-state index in [0.717, 1.165) is 54.9 Å². The first kappa shape index (κ1) is 19.5. The van der Waals surface area contributed by atoms with Gasteiger partial charge in [0.2, 0.25) is 0 Å². The van der Waals surface area contributed by atoms with Crippen molar-refractivity contribution in [3.8, 4) is 0 Å². The van der Waals surface area contributed by atoms with Crippen LogP contribution in [-0.4, -0.2) is 23.9 Å². The van der Waals surface area contributed by atoms with Crippen LogP contribution in [0.25, 0.3) is 0 Å². The van der Waals surface area contributed by atoms with E-state index in [-0.39, 0.29) is 5.91 Å². The van der Waals surface area contributed by atoms with E-state index in [4.69, 9.17) is 4.42 Å². The molecule has 0 unspecified atom stereocenters. The standard InChI is InChI=1S/C25H28N2O2/c1-18-7-6-8-19(2)23(18)26-25(28)24-22(13-16-29-24)21-11-14-27(15-12-21)17-20-9-4-3-5-10-20/h3-10,13,16,21H,11-12,14-15,17H2,1-2H3,(H,26,28). The number of aryl methyl sites for hydroxylation is 2. The molecule has 0 aliphatic carbocycles. The van der Waals surface area contributed by atoms with Crippen LogP contribution in [0.2, 0.25) is 0 Å². The Bertz CT molecular complexity index is 949. The third-order valence-electron chi connectivity index (χ3n) is 5.90. The summed E-state index contributed by atoms with van der Waals surface area (Å²) in [5.74, 6) is 0.655. The molecular weight excluding hydrogens is 360 g/mol. The Morgan fingerprint density at radius 3 is 2.38 bits per heavy atom. The number of rotatable bonds is 5. The van der Waals surface area contributed by atoms with Crippen LogP contribution in [0.15, 0.2) is 65.3 Å². The summed E-state index contributed by atoms with van der Waals surface area (Å²) in [6, 6.07) is 18.6. The number of furan rings is 1. The van der Waals surface area contributed by atoms with Crippen LogP contribution in [0.3, 0.4) is 0 Å². The van der Waals surface area contributed by atoms with Crippen LogP contribution in [0.4, 0.5) is 5.69 Å². The van der Waals surface area contributed by atoms with E-state index in [1.165, 1.54) is 5.56 Å². The predicted octanol–water partition coefficient (Wildman–Crippen LogP) is 5.53. The molecule has 4 nitrogen and oxygen atoms in total. The molecule has 150 valence electrons. The first-order valence-corrected chi connectivity index (χ1v) is 10.3. The number of nitrogens with zero attached hydrogens (tertiary/aromatic N) is 1. The van der Waals surface area contributed by atoms with Crippen molar-refractivity contribution >= 4 is 11.6 Å². The van der Waals surface area contributed by atoms with Crippen molar-refractivity contribution in [2.45, 2.75) is 39.2 Å². The van der Waals surface area contributed by atoms with Gasteiger partial charge in [0, 0.05) is 17.8 Å². The van der Waals surface area contributed by atoms with E-state index in [2.05, 4.69) is 40.5 Å². The molecule has 2 aromatic carbocycles. The Hall–Kier alpha value is -2.85. The lowest BCUT2D eigenvalue weighted by molar-refractivity contribution is 0.0993. The summed E-state index contributed by atoms with van der Waals surface area (Å²) in [6.07, 6.45) is 3.72. The molecule has 4 rings (SSSR count). The van der Waals surface area contributed by atoms with Gasteiger partial charge in [-0.25, -0.2) is 0 Å². The number of benzene rings is 2. The number of anilines is 1. The summed E-state index contributed by atoms with van der Waals surface area (Å²) < 4.78 is 5.63. The second-order valence-corrected chi connectivity index (χ2v) is 7.96. The fraction of sp³-hybridized carbons (Fsp3) is 0.320. The summed E-state index contributed by atoms with van der Waals surface area (Å²) in [5, 5.41) is 3.06. The van der Waals surface area contributed by atoms with Gasteiger partial charge in [0.05, 0.1) is 6.26 Å². The molecule has 0 spiro atoms. The lowest BCUT2D eigenvalue weighted by Gasteiger charge is -2.32. The molecule has 29 heavy (non-hydrogen) atoms. The maximum Gasteiger partial charge on any atom is 0.291 e. The number of carbonyl (C=O) groups is 1. The van der Waals surface area contributed by atoms with Crippen molar-refractivity contribution in [1.29, 1.82) is 0 Å². The maximum absolute atomic E-state index is 12.9. The quantitative estimate of drug-likeness (QED) is 0.625. The highest BCUT2D eigenvalue weighted by Gasteiger charge is 2.27. The molecule has 0 bridgehead atoms. The molecule has 1 fully saturated rings. The van der Waals surface area contributed by atoms with E-state index in [1.807, 2.05) is 38.1 Å². The van der Waals surface area contributed by atoms with Gasteiger partial charge in [0.1, 0.15) is 0 Å². The Balaban J connectivity index is 1.41. The minimum atomic E-state index is -0.158. The van der Waals surface area contributed by atoms with E-state index in [1.54, 1.807) is 6.26 Å². The molecule has 0 radical (unpaired) electrons. The molecule has 4 heteroatoms. The van der Waals surface area contributed by atoms with Crippen LogP contribution < -0.4 is 5.32 Å². The van der Waals surface area contributed by atoms with Gasteiger partial charge < -0.3 is 9.73 Å². The average molecular weight is 389 g/mol. The molecule has 1 saturated heterocycles. The average Bonchev–Trinajstić information content (AvgIpc) is 3.22. The number of amides is 1. The Morgan fingerprint density at radius 1 is 1.00 bits per heavy atom. The van der Waals surface area contributed by atoms with E-state index in [9.17, 15) is 4.79 Å². The number of para-hydroxylation sites is 1. The molecule has 1 N–H and O–H groups in total. The second kappa shape index (κ2) is 8.66. The van der Waals surface area contributed by atoms with Crippen LogP contribution in [-0.2, 0) is 6.54 Å². The number of piperidine rings is 1. The van der Waals surface area contributed by atoms with Crippen molar-refractivity contribution in [1.82, 2.24) is 4.90 Å². The molecule has 1 aromatic heterocycles. The zero-order valence-electron chi connectivity index (χ0n) is 17.2. The minimum Gasteiger partial charge on any atom is -0.459 e. The number of likely N-dealkylation sites (tertiary alicyclic amines) is 1. The fourth-order valence-electron chi connectivity index (χ4n) is 4.25. The predicted molar refractivity (Wildman–Crippen MR) is 116 cm³/mol. The molecule has 1 amide bonds. The largest absolute Gasteiger partial charge is 0.459 e. The monoisotopic (exact) mass is 388 g/mol. The van der Waals surface area contributed by atoms with Gasteiger partial charge in [0.25, 0.3) is 5.91 Å². The third-order valence-corrected chi connectivity index (χ3v) is 5.90. The topological polar surface area (TPSA) is 45.5 Å². The number of nitrogens with one attached hydrogen (secondary N) is 1. The molecule has 3 aromatic rings. The van der Waals surface area contributed by atoms with E-state index in [0.29, 0.717) is 11.7 Å². The minimum absolute atomic E-state index is 0.158. The first-order chi connectivity index (χ1) is 14.1. The Kier molecular flexibility index (Phi) is 5.81. The summed E-state index contributed by atoms with van der Waals surface area (Å²) in [6.45, 7) is 7.06. The lowest BCUT2D eigenvalue weighted by atomic mass is 9.89. The van der Waals surface area contributed by atoms with E-state index >= 15 is 0 Å². The molecule has 0 saturated carbocycles. The van der Waals surface area contributed by atoms with Crippen molar-refractivity contribution in [2.24, 2.45) is 0 Å². The van der Waals surface area contributed by atoms with Crippen molar-refractivity contribution in [3.63, 3.8) is 0 Å². The number of hydrogen-bond acceptors (Lipinski definition) is 3.